The van der Waals surface area contributed by atoms with Gasteiger partial charge >= 0.3 is 0 Å². The molecule has 98 valence electrons. The molecule has 0 heterocycles. The van der Waals surface area contributed by atoms with E-state index in [1.54, 1.807) is 18.2 Å². The molecule has 2 rings (SSSR count). The lowest BCUT2D eigenvalue weighted by molar-refractivity contribution is 0.100. The molecule has 0 aliphatic carbocycles. The number of hydrogen-bond donors (Lipinski definition) is 3. The zero-order chi connectivity index (χ0) is 14.0. The van der Waals surface area contributed by atoms with E-state index in [1.807, 2.05) is 6.07 Å². The van der Waals surface area contributed by atoms with Gasteiger partial charge in [0.1, 0.15) is 0 Å². The first-order valence-electron chi connectivity index (χ1n) is 5.39. The number of rotatable bonds is 3. The first-order chi connectivity index (χ1) is 8.99. The van der Waals surface area contributed by atoms with Crippen LogP contribution in [0.25, 0.3) is 0 Å². The maximum atomic E-state index is 11.4. The molecule has 0 saturated carbocycles. The third-order valence-corrected chi connectivity index (χ3v) is 3.14. The summed E-state index contributed by atoms with van der Waals surface area (Å²) in [5, 5.41) is 3.80. The summed E-state index contributed by atoms with van der Waals surface area (Å²) >= 11 is 12.1. The molecule has 0 aromatic heterocycles. The van der Waals surface area contributed by atoms with E-state index in [0.717, 1.165) is 0 Å². The van der Waals surface area contributed by atoms with Crippen LogP contribution in [0.3, 0.4) is 0 Å². The van der Waals surface area contributed by atoms with E-state index in [0.29, 0.717) is 27.1 Å². The third-order valence-electron chi connectivity index (χ3n) is 2.51. The first kappa shape index (κ1) is 13.5. The van der Waals surface area contributed by atoms with Crippen molar-refractivity contribution in [2.75, 3.05) is 11.1 Å². The average molecular weight is 296 g/mol. The summed E-state index contributed by atoms with van der Waals surface area (Å²) in [5.41, 5.74) is 12.5. The van der Waals surface area contributed by atoms with Crippen molar-refractivity contribution in [3.63, 3.8) is 0 Å². The quantitative estimate of drug-likeness (QED) is 0.759. The van der Waals surface area contributed by atoms with Crippen LogP contribution in [0, 0.1) is 0 Å². The number of nitrogen functional groups attached to an aromatic ring is 1. The predicted molar refractivity (Wildman–Crippen MR) is 79.1 cm³/mol. The highest BCUT2D eigenvalue weighted by atomic mass is 35.5. The van der Waals surface area contributed by atoms with E-state index in [4.69, 9.17) is 34.7 Å². The van der Waals surface area contributed by atoms with Crippen LogP contribution >= 0.6 is 23.2 Å². The Labute approximate surface area is 120 Å². The second kappa shape index (κ2) is 5.38. The van der Waals surface area contributed by atoms with Crippen LogP contribution in [0.4, 0.5) is 17.1 Å². The van der Waals surface area contributed by atoms with Crippen LogP contribution in [0.15, 0.2) is 36.4 Å². The molecule has 0 atom stereocenters. The topological polar surface area (TPSA) is 81.1 Å². The van der Waals surface area contributed by atoms with Crippen molar-refractivity contribution in [3.8, 4) is 0 Å². The molecule has 1 amide bonds. The Kier molecular flexibility index (Phi) is 3.83. The fourth-order valence-corrected chi connectivity index (χ4v) is 2.10. The Hall–Kier alpha value is -1.91. The van der Waals surface area contributed by atoms with Crippen LogP contribution in [0.2, 0.25) is 10.0 Å². The molecule has 0 spiro atoms. The SMILES string of the molecule is NC(=O)c1cc(N)cc(Cl)c1Nc1ccccc1Cl. The van der Waals surface area contributed by atoms with Gasteiger partial charge < -0.3 is 16.8 Å². The summed E-state index contributed by atoms with van der Waals surface area (Å²) in [4.78, 5) is 11.4. The van der Waals surface area contributed by atoms with Crippen LogP contribution in [-0.2, 0) is 0 Å². The highest BCUT2D eigenvalue weighted by Crippen LogP contribution is 2.33. The van der Waals surface area contributed by atoms with Crippen LogP contribution in [-0.4, -0.2) is 5.91 Å². The summed E-state index contributed by atoms with van der Waals surface area (Å²) in [6.07, 6.45) is 0. The van der Waals surface area contributed by atoms with Crippen molar-refractivity contribution in [2.24, 2.45) is 5.73 Å². The van der Waals surface area contributed by atoms with Crippen molar-refractivity contribution in [2.45, 2.75) is 0 Å². The second-order valence-electron chi connectivity index (χ2n) is 3.89. The van der Waals surface area contributed by atoms with Crippen LogP contribution in [0.1, 0.15) is 10.4 Å². The first-order valence-corrected chi connectivity index (χ1v) is 6.15. The van der Waals surface area contributed by atoms with E-state index in [2.05, 4.69) is 5.32 Å². The molecule has 0 aliphatic rings. The molecule has 4 nitrogen and oxygen atoms in total. The molecule has 19 heavy (non-hydrogen) atoms. The number of nitrogens with two attached hydrogens (primary N) is 2. The lowest BCUT2D eigenvalue weighted by atomic mass is 10.1. The van der Waals surface area contributed by atoms with Gasteiger partial charge in [0.2, 0.25) is 0 Å². The number of hydrogen-bond acceptors (Lipinski definition) is 3. The Morgan fingerprint density at radius 1 is 1.11 bits per heavy atom. The minimum Gasteiger partial charge on any atom is -0.399 e. The van der Waals surface area contributed by atoms with Gasteiger partial charge in [-0.15, -0.1) is 0 Å². The monoisotopic (exact) mass is 295 g/mol. The van der Waals surface area contributed by atoms with Gasteiger partial charge in [0.25, 0.3) is 5.91 Å². The van der Waals surface area contributed by atoms with Gasteiger partial charge in [0.05, 0.1) is 27.0 Å². The van der Waals surface area contributed by atoms with Crippen molar-refractivity contribution in [3.05, 3.63) is 52.0 Å². The molecular weight excluding hydrogens is 285 g/mol. The Morgan fingerprint density at radius 2 is 1.79 bits per heavy atom. The molecule has 0 unspecified atom stereocenters. The molecule has 0 fully saturated rings. The number of nitrogens with one attached hydrogen (secondary N) is 1. The largest absolute Gasteiger partial charge is 0.399 e. The van der Waals surface area contributed by atoms with Gasteiger partial charge in [0, 0.05) is 5.69 Å². The summed E-state index contributed by atoms with van der Waals surface area (Å²) in [6, 6.07) is 10.1. The number of carbonyl (C=O) groups is 1. The average Bonchev–Trinajstić information content (AvgIpc) is 2.34. The number of halogens is 2. The van der Waals surface area contributed by atoms with Crippen molar-refractivity contribution in [1.29, 1.82) is 0 Å². The minimum absolute atomic E-state index is 0.213. The molecular formula is C13H11Cl2N3O. The normalized spacial score (nSPS) is 10.2. The smallest absolute Gasteiger partial charge is 0.250 e. The number of benzene rings is 2. The maximum Gasteiger partial charge on any atom is 0.250 e. The van der Waals surface area contributed by atoms with Gasteiger partial charge in [-0.05, 0) is 24.3 Å². The van der Waals surface area contributed by atoms with E-state index in [9.17, 15) is 4.79 Å². The lowest BCUT2D eigenvalue weighted by Crippen LogP contribution is -2.14. The predicted octanol–water partition coefficient (Wildman–Crippen LogP) is 3.42. The van der Waals surface area contributed by atoms with Gasteiger partial charge in [-0.25, -0.2) is 0 Å². The Morgan fingerprint density at radius 3 is 2.42 bits per heavy atom. The summed E-state index contributed by atoms with van der Waals surface area (Å²) in [5.74, 6) is -0.622. The molecule has 0 saturated heterocycles. The standard InChI is InChI=1S/C13H11Cl2N3O/c14-9-3-1-2-4-11(9)18-12-8(13(17)19)5-7(16)6-10(12)15/h1-6,18H,16H2,(H2,17,19). The summed E-state index contributed by atoms with van der Waals surface area (Å²) in [7, 11) is 0. The van der Waals surface area contributed by atoms with Gasteiger partial charge in [-0.1, -0.05) is 35.3 Å². The van der Waals surface area contributed by atoms with E-state index >= 15 is 0 Å². The molecule has 0 bridgehead atoms. The van der Waals surface area contributed by atoms with E-state index in [1.165, 1.54) is 12.1 Å². The highest BCUT2D eigenvalue weighted by molar-refractivity contribution is 6.35. The minimum atomic E-state index is -0.622. The fourth-order valence-electron chi connectivity index (χ4n) is 1.65. The molecule has 0 aliphatic heterocycles. The second-order valence-corrected chi connectivity index (χ2v) is 4.71. The van der Waals surface area contributed by atoms with Gasteiger partial charge in [-0.3, -0.25) is 4.79 Å². The third kappa shape index (κ3) is 2.92. The Balaban J connectivity index is 2.51. The molecule has 0 radical (unpaired) electrons. The molecule has 2 aromatic rings. The van der Waals surface area contributed by atoms with E-state index < -0.39 is 5.91 Å². The zero-order valence-electron chi connectivity index (χ0n) is 9.78. The number of primary amides is 1. The van der Waals surface area contributed by atoms with Gasteiger partial charge in [0.15, 0.2) is 0 Å². The molecule has 2 aromatic carbocycles. The molecule has 6 heteroatoms. The lowest BCUT2D eigenvalue weighted by Gasteiger charge is -2.14. The number of amides is 1. The molecule has 5 N–H and O–H groups in total. The maximum absolute atomic E-state index is 11.4. The number of carbonyl (C=O) groups excluding carboxylic acids is 1. The van der Waals surface area contributed by atoms with Crippen molar-refractivity contribution in [1.82, 2.24) is 0 Å². The summed E-state index contributed by atoms with van der Waals surface area (Å²) in [6.45, 7) is 0. The van der Waals surface area contributed by atoms with Crippen LogP contribution < -0.4 is 16.8 Å². The van der Waals surface area contributed by atoms with Crippen molar-refractivity contribution >= 4 is 46.2 Å². The van der Waals surface area contributed by atoms with Gasteiger partial charge in [-0.2, -0.15) is 0 Å². The number of anilines is 3. The van der Waals surface area contributed by atoms with E-state index in [-0.39, 0.29) is 5.56 Å². The fraction of sp³-hybridized carbons (Fsp3) is 0. The Bertz CT molecular complexity index is 644. The number of para-hydroxylation sites is 1. The van der Waals surface area contributed by atoms with Crippen LogP contribution in [0.5, 0.6) is 0 Å². The summed E-state index contributed by atoms with van der Waals surface area (Å²) < 4.78 is 0. The van der Waals surface area contributed by atoms with Crippen molar-refractivity contribution < 1.29 is 4.79 Å². The highest BCUT2D eigenvalue weighted by Gasteiger charge is 2.14. The zero-order valence-corrected chi connectivity index (χ0v) is 11.3.